The van der Waals surface area contributed by atoms with Crippen molar-refractivity contribution in [3.63, 3.8) is 0 Å². The molecule has 3 unspecified atom stereocenters. The zero-order valence-corrected chi connectivity index (χ0v) is 52.1. The minimum absolute atomic E-state index is 0.0419. The summed E-state index contributed by atoms with van der Waals surface area (Å²) in [6.07, 6.45) is 9.95. The Morgan fingerprint density at radius 2 is 0.823 bits per heavy atom. The molecule has 0 saturated heterocycles. The Labute approximate surface area is 555 Å². The number of aromatic nitrogens is 1. The normalized spacial score (nSPS) is 18.9. The molecule has 0 fully saturated rings. The predicted molar refractivity (Wildman–Crippen MR) is 356 cm³/mol. The molecule has 3 aliphatic heterocycles. The number of hydrogen-bond acceptors (Lipinski definition) is 18. The van der Waals surface area contributed by atoms with Crippen LogP contribution in [0.1, 0.15) is 79.3 Å². The van der Waals surface area contributed by atoms with E-state index in [1.807, 2.05) is 72.8 Å². The fourth-order valence-corrected chi connectivity index (χ4v) is 15.3. The molecule has 4 aliphatic carbocycles. The molecule has 0 radical (unpaired) electrons. The number of rotatable bonds is 14. The first-order valence-corrected chi connectivity index (χ1v) is 32.5. The summed E-state index contributed by atoms with van der Waals surface area (Å²) in [6, 6.07) is 57.0. The van der Waals surface area contributed by atoms with Gasteiger partial charge in [-0.1, -0.05) is 194 Å². The van der Waals surface area contributed by atoms with Crippen LogP contribution < -0.4 is 5.32 Å². The maximum absolute atomic E-state index is 15.4. The Morgan fingerprint density at radius 1 is 0.458 bits per heavy atom. The Bertz CT molecular complexity index is 4910. The molecule has 8 aromatic carbocycles. The maximum Gasteiger partial charge on any atom is 0.369 e. The van der Waals surface area contributed by atoms with Crippen molar-refractivity contribution in [3.05, 3.63) is 323 Å². The second-order valence-corrected chi connectivity index (χ2v) is 25.9. The van der Waals surface area contributed by atoms with Gasteiger partial charge >= 0.3 is 35.1 Å². The summed E-state index contributed by atoms with van der Waals surface area (Å²) in [7, 11) is 0. The van der Waals surface area contributed by atoms with E-state index in [9.17, 15) is 19.2 Å². The van der Waals surface area contributed by atoms with Crippen LogP contribution in [0.15, 0.2) is 263 Å². The first-order valence-electron chi connectivity index (χ1n) is 30.8. The van der Waals surface area contributed by atoms with Gasteiger partial charge in [0.2, 0.25) is 0 Å². The third-order valence-corrected chi connectivity index (χ3v) is 20.0. The molecule has 4 heterocycles. The van der Waals surface area contributed by atoms with Crippen molar-refractivity contribution in [2.75, 3.05) is 0 Å². The van der Waals surface area contributed by atoms with E-state index >= 15 is 19.2 Å². The van der Waals surface area contributed by atoms with Crippen LogP contribution in [0.2, 0.25) is 0 Å². The van der Waals surface area contributed by atoms with Crippen LogP contribution in [0.4, 0.5) is 0 Å². The lowest BCUT2D eigenvalue weighted by Gasteiger charge is -2.40. The molecule has 16 rings (SSSR count). The van der Waals surface area contributed by atoms with Crippen LogP contribution >= 0.6 is 23.1 Å². The van der Waals surface area contributed by atoms with Crippen LogP contribution in [0.3, 0.4) is 0 Å². The number of carbonyl (C=O) groups excluding carboxylic acids is 8. The SMILES string of the molecule is O=C1C(=Cc2nc3c(s2)C2=CC4C=C5OC(C(=O)OCc6ccccc6)(C(=O)OCc6ccccc6)C6=C(SC(C=C7C(=O)c8cc9ccccc9cc8C7=O)N6)C5=CC4C=C2OC3(C(=O)OCc2ccccc2)C(=O)OCc2ccccc2)C(=O)c2cc3ccccc3cc21. The molecular formula is C78H50N2O14S2. The lowest BCUT2D eigenvalue weighted by molar-refractivity contribution is -0.190. The van der Waals surface area contributed by atoms with E-state index in [2.05, 4.69) is 5.32 Å². The summed E-state index contributed by atoms with van der Waals surface area (Å²) in [6.45, 7) is -1.12. The molecule has 0 bridgehead atoms. The molecule has 96 heavy (non-hydrogen) atoms. The van der Waals surface area contributed by atoms with E-state index in [-0.39, 0.29) is 92.6 Å². The number of nitrogens with one attached hydrogen (secondary N) is 1. The molecule has 1 aromatic heterocycles. The van der Waals surface area contributed by atoms with E-state index < -0.39 is 75.4 Å². The molecular weight excluding hydrogens is 1250 g/mol. The van der Waals surface area contributed by atoms with Crippen molar-refractivity contribution in [2.24, 2.45) is 11.8 Å². The van der Waals surface area contributed by atoms with E-state index in [1.165, 1.54) is 12.2 Å². The van der Waals surface area contributed by atoms with E-state index in [1.54, 1.807) is 146 Å². The van der Waals surface area contributed by atoms with Gasteiger partial charge in [-0.3, -0.25) is 19.2 Å². The van der Waals surface area contributed by atoms with Gasteiger partial charge in [0.15, 0.2) is 23.1 Å². The van der Waals surface area contributed by atoms with Crippen LogP contribution in [0.5, 0.6) is 0 Å². The van der Waals surface area contributed by atoms with Gasteiger partial charge in [-0.05, 0) is 92.4 Å². The first kappa shape index (κ1) is 59.4. The van der Waals surface area contributed by atoms with E-state index in [0.29, 0.717) is 38.3 Å². The molecule has 3 atom stereocenters. The van der Waals surface area contributed by atoms with E-state index in [0.717, 1.165) is 44.6 Å². The minimum Gasteiger partial charge on any atom is -0.458 e. The van der Waals surface area contributed by atoms with Gasteiger partial charge in [0.25, 0.3) is 0 Å². The van der Waals surface area contributed by atoms with Gasteiger partial charge in [0, 0.05) is 50.1 Å². The van der Waals surface area contributed by atoms with Crippen molar-refractivity contribution in [1.82, 2.24) is 10.3 Å². The number of nitrogens with zero attached hydrogens (tertiary/aromatic N) is 1. The van der Waals surface area contributed by atoms with Gasteiger partial charge in [0.05, 0.1) is 27.1 Å². The largest absolute Gasteiger partial charge is 0.458 e. The number of ether oxygens (including phenoxy) is 6. The lowest BCUT2D eigenvalue weighted by atomic mass is 9.76. The molecule has 0 amide bonds. The average Bonchev–Trinajstić information content (AvgIpc) is 1.31. The second-order valence-electron chi connectivity index (χ2n) is 23.8. The van der Waals surface area contributed by atoms with E-state index in [4.69, 9.17) is 33.4 Å². The number of allylic oxidation sites excluding steroid dienone is 8. The standard InChI is InChI=1S/C78H50N2O14S2/c81-65-53-29-47-25-13-14-26-48(47)30-54(53)66(82)59(65)37-63-79-71-69(95-63)57-33-52-36-62-58(34-51(52)35-61(57)93-77(71,73(85)89-39-43-17-5-1-6-18-43)74(86)90-40-44-19-7-2-8-20-44)70-72(80-64(96-70)38-60-67(83)55-31-49-27-15-16-28-50(49)32-56(55)68(60)84)78(94-62,75(87)91-41-45-21-9-3-10-22-45)76(88)92-42-46-23-11-4-12-24-46/h1-38,51-52,63,79H,39-42H2. The van der Waals surface area contributed by atoms with Gasteiger partial charge in [-0.15, -0.1) is 11.3 Å². The van der Waals surface area contributed by atoms with Crippen LogP contribution in [-0.4, -0.2) is 63.0 Å². The molecule has 7 aliphatic rings. The molecule has 0 saturated carbocycles. The lowest BCUT2D eigenvalue weighted by Crippen LogP contribution is -2.57. The van der Waals surface area contributed by atoms with Gasteiger partial charge < -0.3 is 33.7 Å². The predicted octanol–water partition coefficient (Wildman–Crippen LogP) is 13.1. The van der Waals surface area contributed by atoms with Crippen LogP contribution in [0.25, 0.3) is 33.2 Å². The average molecular weight is 1300 g/mol. The molecule has 0 spiro atoms. The zero-order chi connectivity index (χ0) is 65.4. The van der Waals surface area contributed by atoms with Crippen molar-refractivity contribution < 1.29 is 66.8 Å². The summed E-state index contributed by atoms with van der Waals surface area (Å²) >= 11 is 2.13. The Balaban J connectivity index is 0.833. The van der Waals surface area contributed by atoms with Gasteiger partial charge in [-0.25, -0.2) is 24.2 Å². The topological polar surface area (TPSA) is 217 Å². The third-order valence-electron chi connectivity index (χ3n) is 17.8. The Kier molecular flexibility index (Phi) is 14.7. The number of ketones is 4. The maximum atomic E-state index is 15.4. The zero-order valence-electron chi connectivity index (χ0n) is 50.5. The molecule has 468 valence electrons. The number of hydrogen-bond donors (Lipinski definition) is 1. The van der Waals surface area contributed by atoms with Crippen molar-refractivity contribution in [3.8, 4) is 0 Å². The Morgan fingerprint density at radius 3 is 1.25 bits per heavy atom. The minimum atomic E-state index is -2.76. The summed E-state index contributed by atoms with van der Waals surface area (Å²) in [5.41, 5.74) is -2.01. The number of carbonyl (C=O) groups is 8. The van der Waals surface area contributed by atoms with Gasteiger partial charge in [-0.2, -0.15) is 0 Å². The molecule has 18 heteroatoms. The number of thiazole rings is 1. The summed E-state index contributed by atoms with van der Waals surface area (Å²) in [5, 5.41) is 5.48. The highest BCUT2D eigenvalue weighted by molar-refractivity contribution is 8.04. The fraction of sp³-hybridized carbons (Fsp3) is 0.115. The second kappa shape index (κ2) is 23.8. The number of Topliss-reactive ketones (excluding diaryl/α,β-unsaturated/α-hetero) is 4. The number of thioether (sulfide) groups is 1. The third kappa shape index (κ3) is 10.1. The monoisotopic (exact) mass is 1300 g/mol. The number of esters is 4. The van der Waals surface area contributed by atoms with Gasteiger partial charge in [0.1, 0.15) is 48.6 Å². The van der Waals surface area contributed by atoms with Crippen LogP contribution in [-0.2, 0) is 79.6 Å². The van der Waals surface area contributed by atoms with Crippen LogP contribution in [0, 0.1) is 11.8 Å². The fourth-order valence-electron chi connectivity index (χ4n) is 13.0. The summed E-state index contributed by atoms with van der Waals surface area (Å²) < 4.78 is 38.2. The molecule has 16 nitrogen and oxygen atoms in total. The molecule has 1 N–H and O–H groups in total. The highest BCUT2D eigenvalue weighted by atomic mass is 32.2. The highest BCUT2D eigenvalue weighted by Gasteiger charge is 2.64. The summed E-state index contributed by atoms with van der Waals surface area (Å²) in [5.74, 6) is -7.94. The Hall–Kier alpha value is -11.6. The van der Waals surface area contributed by atoms with Crippen molar-refractivity contribution in [1.29, 1.82) is 0 Å². The molecule has 9 aromatic rings. The van der Waals surface area contributed by atoms with Crippen molar-refractivity contribution in [2.45, 2.75) is 43.0 Å². The smallest absolute Gasteiger partial charge is 0.369 e. The first-order chi connectivity index (χ1) is 46.8. The quantitative estimate of drug-likeness (QED) is 0.0352. The van der Waals surface area contributed by atoms with Crippen molar-refractivity contribution >= 4 is 103 Å². The number of benzene rings is 8. The number of fused-ring (bicyclic) bond motifs is 10. The summed E-state index contributed by atoms with van der Waals surface area (Å²) in [4.78, 5) is 125. The highest BCUT2D eigenvalue weighted by Crippen LogP contribution is 2.56.